The average molecular weight is 296 g/mol. The van der Waals surface area contributed by atoms with Crippen LogP contribution in [0.2, 0.25) is 0 Å². The summed E-state index contributed by atoms with van der Waals surface area (Å²) in [5.41, 5.74) is -0.895. The number of amides is 2. The maximum atomic E-state index is 13.6. The van der Waals surface area contributed by atoms with E-state index >= 15 is 0 Å². The zero-order valence-electron chi connectivity index (χ0n) is 11.2. The Hall–Kier alpha value is -2.71. The Morgan fingerprint density at radius 3 is 2.81 bits per heavy atom. The minimum absolute atomic E-state index is 0.0228. The Balaban J connectivity index is 2.43. The van der Waals surface area contributed by atoms with Crippen LogP contribution < -0.4 is 10.6 Å². The Labute approximate surface area is 119 Å². The number of nitrogens with zero attached hydrogens (tertiary/aromatic N) is 2. The van der Waals surface area contributed by atoms with Gasteiger partial charge in [0.05, 0.1) is 23.2 Å². The first kappa shape index (κ1) is 14.7. The second-order valence-corrected chi connectivity index (χ2v) is 4.43. The summed E-state index contributed by atoms with van der Waals surface area (Å²) in [7, 11) is 1.44. The van der Waals surface area contributed by atoms with E-state index in [-0.39, 0.29) is 36.8 Å². The van der Waals surface area contributed by atoms with E-state index in [1.807, 2.05) is 0 Å². The second-order valence-electron chi connectivity index (χ2n) is 4.43. The van der Waals surface area contributed by atoms with Gasteiger partial charge in [0.25, 0.3) is 11.6 Å². The molecule has 1 saturated heterocycles. The molecule has 1 heterocycles. The number of nitro groups is 1. The summed E-state index contributed by atoms with van der Waals surface area (Å²) in [5.74, 6) is -1.83. The molecule has 0 spiro atoms. The van der Waals surface area contributed by atoms with Crippen molar-refractivity contribution in [3.8, 4) is 0 Å². The number of halogens is 1. The van der Waals surface area contributed by atoms with E-state index in [0.29, 0.717) is 6.07 Å². The molecule has 0 radical (unpaired) electrons. The Kier molecular flexibility index (Phi) is 4.01. The van der Waals surface area contributed by atoms with Crippen LogP contribution in [0.3, 0.4) is 0 Å². The number of hydrogen-bond donors (Lipinski definition) is 2. The van der Waals surface area contributed by atoms with Crippen LogP contribution in [0.5, 0.6) is 0 Å². The second kappa shape index (κ2) is 5.73. The third-order valence-corrected chi connectivity index (χ3v) is 3.11. The molecular formula is C12H13FN4O4. The molecule has 0 aliphatic carbocycles. The number of carbonyl (C=O) groups is 2. The number of benzene rings is 1. The fourth-order valence-electron chi connectivity index (χ4n) is 2.06. The largest absolute Gasteiger partial charge is 0.386 e. The van der Waals surface area contributed by atoms with Gasteiger partial charge >= 0.3 is 0 Å². The van der Waals surface area contributed by atoms with Crippen LogP contribution in [0.15, 0.2) is 12.1 Å². The van der Waals surface area contributed by atoms with E-state index in [1.165, 1.54) is 11.9 Å². The van der Waals surface area contributed by atoms with Gasteiger partial charge in [0, 0.05) is 20.1 Å². The molecule has 0 saturated carbocycles. The number of carbonyl (C=O) groups excluding carboxylic acids is 2. The molecule has 0 unspecified atom stereocenters. The molecule has 21 heavy (non-hydrogen) atoms. The molecule has 1 aromatic carbocycles. The van der Waals surface area contributed by atoms with Crippen molar-refractivity contribution in [1.82, 2.24) is 10.2 Å². The maximum Gasteiger partial charge on any atom is 0.285 e. The van der Waals surface area contributed by atoms with E-state index in [2.05, 4.69) is 10.6 Å². The van der Waals surface area contributed by atoms with Crippen molar-refractivity contribution < 1.29 is 18.9 Å². The van der Waals surface area contributed by atoms with Crippen molar-refractivity contribution in [2.24, 2.45) is 0 Å². The topological polar surface area (TPSA) is 105 Å². The summed E-state index contributed by atoms with van der Waals surface area (Å²) in [6, 6.07) is 1.78. The van der Waals surface area contributed by atoms with Gasteiger partial charge in [-0.1, -0.05) is 0 Å². The molecule has 8 nitrogen and oxygen atoms in total. The highest BCUT2D eigenvalue weighted by Gasteiger charge is 2.29. The number of nitrogens with one attached hydrogen (secondary N) is 2. The number of hydrogen-bond acceptors (Lipinski definition) is 5. The molecule has 2 rings (SSSR count). The molecule has 0 atom stereocenters. The van der Waals surface area contributed by atoms with Crippen LogP contribution in [0.1, 0.15) is 10.4 Å². The van der Waals surface area contributed by atoms with Crippen LogP contribution in [-0.4, -0.2) is 48.3 Å². The molecule has 112 valence electrons. The van der Waals surface area contributed by atoms with E-state index in [9.17, 15) is 24.1 Å². The third kappa shape index (κ3) is 2.91. The first-order valence-corrected chi connectivity index (χ1v) is 6.15. The summed E-state index contributed by atoms with van der Waals surface area (Å²) in [4.78, 5) is 35.0. The normalized spacial score (nSPS) is 14.6. The predicted molar refractivity (Wildman–Crippen MR) is 71.5 cm³/mol. The highest BCUT2D eigenvalue weighted by molar-refractivity contribution is 6.01. The SMILES string of the molecule is CNc1cc(C(=O)N2CCNC(=O)C2)c([N+](=O)[O-])cc1F. The monoisotopic (exact) mass is 296 g/mol. The van der Waals surface area contributed by atoms with Gasteiger partial charge in [0.1, 0.15) is 5.56 Å². The van der Waals surface area contributed by atoms with Crippen molar-refractivity contribution in [2.75, 3.05) is 32.0 Å². The molecule has 1 aliphatic rings. The molecule has 9 heteroatoms. The van der Waals surface area contributed by atoms with Crippen molar-refractivity contribution >= 4 is 23.2 Å². The quantitative estimate of drug-likeness (QED) is 0.618. The average Bonchev–Trinajstić information content (AvgIpc) is 2.46. The van der Waals surface area contributed by atoms with Gasteiger partial charge in [-0.2, -0.15) is 0 Å². The van der Waals surface area contributed by atoms with Crippen LogP contribution in [-0.2, 0) is 4.79 Å². The summed E-state index contributed by atoms with van der Waals surface area (Å²) in [6.07, 6.45) is 0. The van der Waals surface area contributed by atoms with Gasteiger partial charge in [-0.05, 0) is 6.07 Å². The van der Waals surface area contributed by atoms with Gasteiger partial charge < -0.3 is 15.5 Å². The lowest BCUT2D eigenvalue weighted by Gasteiger charge is -2.26. The van der Waals surface area contributed by atoms with Gasteiger partial charge in [0.2, 0.25) is 5.91 Å². The molecule has 1 aromatic rings. The molecule has 1 aliphatic heterocycles. The zero-order valence-corrected chi connectivity index (χ0v) is 11.2. The molecule has 2 amide bonds. The third-order valence-electron chi connectivity index (χ3n) is 3.11. The molecule has 2 N–H and O–H groups in total. The van der Waals surface area contributed by atoms with Crippen LogP contribution in [0, 0.1) is 15.9 Å². The first-order chi connectivity index (χ1) is 9.93. The smallest absolute Gasteiger partial charge is 0.285 e. The molecule has 0 aromatic heterocycles. The number of nitro benzene ring substituents is 1. The number of anilines is 1. The highest BCUT2D eigenvalue weighted by Crippen LogP contribution is 2.27. The van der Waals surface area contributed by atoms with Crippen molar-refractivity contribution in [3.05, 3.63) is 33.6 Å². The molecule has 0 bridgehead atoms. The summed E-state index contributed by atoms with van der Waals surface area (Å²) >= 11 is 0. The Morgan fingerprint density at radius 1 is 1.52 bits per heavy atom. The van der Waals surface area contributed by atoms with E-state index in [0.717, 1.165) is 6.07 Å². The summed E-state index contributed by atoms with van der Waals surface area (Å²) in [5, 5.41) is 16.1. The highest BCUT2D eigenvalue weighted by atomic mass is 19.1. The van der Waals surface area contributed by atoms with E-state index in [4.69, 9.17) is 0 Å². The summed E-state index contributed by atoms with van der Waals surface area (Å²) in [6.45, 7) is 0.342. The van der Waals surface area contributed by atoms with E-state index in [1.54, 1.807) is 0 Å². The van der Waals surface area contributed by atoms with Crippen LogP contribution >= 0.6 is 0 Å². The first-order valence-electron chi connectivity index (χ1n) is 6.15. The number of piperazine rings is 1. The van der Waals surface area contributed by atoms with Crippen molar-refractivity contribution in [1.29, 1.82) is 0 Å². The lowest BCUT2D eigenvalue weighted by atomic mass is 10.1. The van der Waals surface area contributed by atoms with Crippen LogP contribution in [0.4, 0.5) is 15.8 Å². The maximum absolute atomic E-state index is 13.6. The van der Waals surface area contributed by atoms with Crippen molar-refractivity contribution in [2.45, 2.75) is 0 Å². The zero-order chi connectivity index (χ0) is 15.6. The minimum Gasteiger partial charge on any atom is -0.386 e. The fraction of sp³-hybridized carbons (Fsp3) is 0.333. The fourth-order valence-corrected chi connectivity index (χ4v) is 2.06. The van der Waals surface area contributed by atoms with Gasteiger partial charge in [-0.15, -0.1) is 0 Å². The van der Waals surface area contributed by atoms with Gasteiger partial charge in [-0.3, -0.25) is 19.7 Å². The molecular weight excluding hydrogens is 283 g/mol. The van der Waals surface area contributed by atoms with Gasteiger partial charge in [0.15, 0.2) is 5.82 Å². The van der Waals surface area contributed by atoms with Crippen molar-refractivity contribution in [3.63, 3.8) is 0 Å². The predicted octanol–water partition coefficient (Wildman–Crippen LogP) is 0.348. The Morgan fingerprint density at radius 2 is 2.24 bits per heavy atom. The number of rotatable bonds is 3. The molecule has 1 fully saturated rings. The lowest BCUT2D eigenvalue weighted by molar-refractivity contribution is -0.385. The Bertz CT molecular complexity index is 620. The van der Waals surface area contributed by atoms with E-state index < -0.39 is 22.3 Å². The van der Waals surface area contributed by atoms with Gasteiger partial charge in [-0.25, -0.2) is 4.39 Å². The summed E-state index contributed by atoms with van der Waals surface area (Å²) < 4.78 is 13.6. The minimum atomic E-state index is -0.822. The van der Waals surface area contributed by atoms with Crippen LogP contribution in [0.25, 0.3) is 0 Å². The lowest BCUT2D eigenvalue weighted by Crippen LogP contribution is -2.50. The standard InChI is InChI=1S/C12H13FN4O4/c1-14-9-4-7(10(17(20)21)5-8(9)13)12(19)16-3-2-15-11(18)6-16/h4-5,14H,2-3,6H2,1H3,(H,15,18).